The Balaban J connectivity index is 4.19. The molecule has 0 heterocycles. The van der Waals surface area contributed by atoms with Crippen molar-refractivity contribution < 1.29 is 28.6 Å². The van der Waals surface area contributed by atoms with Gasteiger partial charge in [0.2, 0.25) is 0 Å². The highest BCUT2D eigenvalue weighted by atomic mass is 16.6. The van der Waals surface area contributed by atoms with Crippen LogP contribution < -0.4 is 0 Å². The Bertz CT molecular complexity index is 947. The van der Waals surface area contributed by atoms with E-state index in [9.17, 15) is 14.4 Å². The molecule has 0 N–H and O–H groups in total. The molecule has 0 aliphatic heterocycles. The van der Waals surface area contributed by atoms with Gasteiger partial charge in [-0.1, -0.05) is 258 Å². The van der Waals surface area contributed by atoms with Gasteiger partial charge in [-0.3, -0.25) is 14.4 Å². The van der Waals surface area contributed by atoms with Gasteiger partial charge in [0.05, 0.1) is 0 Å². The number of hydrogen-bond donors (Lipinski definition) is 0. The number of rotatable bonds is 50. The summed E-state index contributed by atoms with van der Waals surface area (Å²) in [5.41, 5.74) is 0. The molecule has 0 aromatic carbocycles. The third kappa shape index (κ3) is 49.0. The Morgan fingerprint density at radius 3 is 0.869 bits per heavy atom. The summed E-state index contributed by atoms with van der Waals surface area (Å²) >= 11 is 0. The van der Waals surface area contributed by atoms with E-state index in [1.54, 1.807) is 0 Å². The third-order valence-corrected chi connectivity index (χ3v) is 12.3. The minimum absolute atomic E-state index is 0.0681. The van der Waals surface area contributed by atoms with Gasteiger partial charge in [-0.15, -0.1) is 0 Å². The molecule has 0 fully saturated rings. The third-order valence-electron chi connectivity index (χ3n) is 12.3. The van der Waals surface area contributed by atoms with Crippen LogP contribution in [0.15, 0.2) is 12.2 Å². The van der Waals surface area contributed by atoms with Crippen molar-refractivity contribution in [1.82, 2.24) is 0 Å². The molecule has 61 heavy (non-hydrogen) atoms. The number of allylic oxidation sites excluding steroid dienone is 2. The molecule has 360 valence electrons. The monoisotopic (exact) mass is 861 g/mol. The fourth-order valence-corrected chi connectivity index (χ4v) is 8.13. The summed E-state index contributed by atoms with van der Waals surface area (Å²) in [7, 11) is 0. The molecule has 0 radical (unpaired) electrons. The second-order valence-corrected chi connectivity index (χ2v) is 18.5. The van der Waals surface area contributed by atoms with Gasteiger partial charge in [0, 0.05) is 19.3 Å². The standard InChI is InChI=1S/C55H104O6/c1-4-7-10-13-16-19-22-23-24-25-26-27-28-29-30-31-34-36-39-42-45-48-54(57)60-51-52(61-55(58)49-46-43-40-37-33-21-18-15-12-9-6-3)50-59-53(56)47-44-41-38-35-32-20-17-14-11-8-5-2/h15,18,52H,4-14,16-17,19-51H2,1-3H3/b18-15-/t52-/m0/s1. The molecule has 6 nitrogen and oxygen atoms in total. The fourth-order valence-electron chi connectivity index (χ4n) is 8.13. The van der Waals surface area contributed by atoms with Crippen LogP contribution in [-0.4, -0.2) is 37.2 Å². The minimum atomic E-state index is -0.767. The lowest BCUT2D eigenvalue weighted by Gasteiger charge is -2.18. The van der Waals surface area contributed by atoms with E-state index in [4.69, 9.17) is 14.2 Å². The van der Waals surface area contributed by atoms with E-state index in [1.165, 1.54) is 199 Å². The number of esters is 3. The highest BCUT2D eigenvalue weighted by Crippen LogP contribution is 2.17. The number of unbranched alkanes of at least 4 members (excludes halogenated alkanes) is 37. The molecule has 0 aromatic rings. The van der Waals surface area contributed by atoms with Crippen LogP contribution in [-0.2, 0) is 28.6 Å². The van der Waals surface area contributed by atoms with Gasteiger partial charge in [-0.05, 0) is 38.5 Å². The topological polar surface area (TPSA) is 78.9 Å². The smallest absolute Gasteiger partial charge is 0.306 e. The summed E-state index contributed by atoms with van der Waals surface area (Å²) in [5, 5.41) is 0. The molecule has 0 aliphatic carbocycles. The summed E-state index contributed by atoms with van der Waals surface area (Å²) in [5.74, 6) is -0.861. The zero-order valence-corrected chi connectivity index (χ0v) is 41.2. The molecule has 0 unspecified atom stereocenters. The van der Waals surface area contributed by atoms with Gasteiger partial charge in [0.1, 0.15) is 13.2 Å². The Morgan fingerprint density at radius 1 is 0.311 bits per heavy atom. The molecule has 0 amide bonds. The quantitative estimate of drug-likeness (QED) is 0.0262. The van der Waals surface area contributed by atoms with Gasteiger partial charge in [-0.2, -0.15) is 0 Å². The van der Waals surface area contributed by atoms with Gasteiger partial charge >= 0.3 is 17.9 Å². The number of carbonyl (C=O) groups is 3. The van der Waals surface area contributed by atoms with Crippen LogP contribution in [0.25, 0.3) is 0 Å². The first-order valence-corrected chi connectivity index (χ1v) is 27.2. The second kappa shape index (κ2) is 50.8. The minimum Gasteiger partial charge on any atom is -0.462 e. The maximum atomic E-state index is 12.7. The van der Waals surface area contributed by atoms with Crippen LogP contribution in [0.1, 0.15) is 303 Å². The van der Waals surface area contributed by atoms with Crippen LogP contribution in [0.4, 0.5) is 0 Å². The molecule has 1 atom stereocenters. The van der Waals surface area contributed by atoms with E-state index >= 15 is 0 Å². The van der Waals surface area contributed by atoms with Crippen molar-refractivity contribution >= 4 is 17.9 Å². The zero-order chi connectivity index (χ0) is 44.4. The van der Waals surface area contributed by atoms with Crippen LogP contribution in [0.5, 0.6) is 0 Å². The molecule has 0 saturated carbocycles. The average Bonchev–Trinajstić information content (AvgIpc) is 3.26. The first-order chi connectivity index (χ1) is 30.0. The predicted molar refractivity (Wildman–Crippen MR) is 261 cm³/mol. The van der Waals surface area contributed by atoms with Gasteiger partial charge in [0.25, 0.3) is 0 Å². The van der Waals surface area contributed by atoms with E-state index in [-0.39, 0.29) is 31.1 Å². The molecule has 0 aromatic heterocycles. The van der Waals surface area contributed by atoms with Crippen molar-refractivity contribution in [2.24, 2.45) is 0 Å². The van der Waals surface area contributed by atoms with Crippen LogP contribution in [0, 0.1) is 0 Å². The lowest BCUT2D eigenvalue weighted by molar-refractivity contribution is -0.167. The summed E-state index contributed by atoms with van der Waals surface area (Å²) in [6.45, 7) is 6.63. The summed E-state index contributed by atoms with van der Waals surface area (Å²) in [6, 6.07) is 0. The lowest BCUT2D eigenvalue weighted by Crippen LogP contribution is -2.30. The van der Waals surface area contributed by atoms with E-state index in [1.807, 2.05) is 0 Å². The Kier molecular flexibility index (Phi) is 49.3. The summed E-state index contributed by atoms with van der Waals surface area (Å²) < 4.78 is 16.8. The largest absolute Gasteiger partial charge is 0.462 e. The Hall–Kier alpha value is -1.85. The average molecular weight is 861 g/mol. The van der Waals surface area contributed by atoms with Gasteiger partial charge in [0.15, 0.2) is 6.10 Å². The van der Waals surface area contributed by atoms with Crippen molar-refractivity contribution in [1.29, 1.82) is 0 Å². The van der Waals surface area contributed by atoms with E-state index in [0.717, 1.165) is 64.2 Å². The van der Waals surface area contributed by atoms with Crippen molar-refractivity contribution in [3.8, 4) is 0 Å². The first-order valence-electron chi connectivity index (χ1n) is 27.2. The maximum Gasteiger partial charge on any atom is 0.306 e. The van der Waals surface area contributed by atoms with Crippen molar-refractivity contribution in [3.63, 3.8) is 0 Å². The maximum absolute atomic E-state index is 12.7. The van der Waals surface area contributed by atoms with Crippen LogP contribution >= 0.6 is 0 Å². The number of ether oxygens (including phenoxy) is 3. The molecule has 0 rings (SSSR count). The van der Waals surface area contributed by atoms with Crippen molar-refractivity contribution in [2.75, 3.05) is 13.2 Å². The molecular weight excluding hydrogens is 757 g/mol. The first kappa shape index (κ1) is 59.1. The molecule has 0 aliphatic rings. The molecule has 6 heteroatoms. The Labute approximate surface area is 380 Å². The van der Waals surface area contributed by atoms with E-state index < -0.39 is 6.10 Å². The predicted octanol–water partition coefficient (Wildman–Crippen LogP) is 17.8. The molecule has 0 spiro atoms. The highest BCUT2D eigenvalue weighted by Gasteiger charge is 2.19. The molecule has 0 bridgehead atoms. The SMILES string of the molecule is CCCC/C=C\CCCCCCCC(=O)O[C@@H](COC(=O)CCCCCCCCCCCCC)COC(=O)CCCCCCCCCCCCCCCCCCCCCCC. The summed E-state index contributed by atoms with van der Waals surface area (Å²) in [6.07, 6.45) is 56.4. The summed E-state index contributed by atoms with van der Waals surface area (Å²) in [4.78, 5) is 37.9. The van der Waals surface area contributed by atoms with Crippen LogP contribution in [0.2, 0.25) is 0 Å². The fraction of sp³-hybridized carbons (Fsp3) is 0.909. The lowest BCUT2D eigenvalue weighted by atomic mass is 10.0. The van der Waals surface area contributed by atoms with Crippen molar-refractivity contribution in [2.45, 2.75) is 309 Å². The van der Waals surface area contributed by atoms with Crippen molar-refractivity contribution in [3.05, 3.63) is 12.2 Å². The van der Waals surface area contributed by atoms with Gasteiger partial charge < -0.3 is 14.2 Å². The number of hydrogen-bond acceptors (Lipinski definition) is 6. The van der Waals surface area contributed by atoms with Crippen LogP contribution in [0.3, 0.4) is 0 Å². The normalized spacial score (nSPS) is 12.0. The van der Waals surface area contributed by atoms with E-state index in [2.05, 4.69) is 32.9 Å². The second-order valence-electron chi connectivity index (χ2n) is 18.5. The van der Waals surface area contributed by atoms with Gasteiger partial charge in [-0.25, -0.2) is 0 Å². The number of carbonyl (C=O) groups excluding carboxylic acids is 3. The molecular formula is C55H104O6. The zero-order valence-electron chi connectivity index (χ0n) is 41.2. The Morgan fingerprint density at radius 2 is 0.557 bits per heavy atom. The highest BCUT2D eigenvalue weighted by molar-refractivity contribution is 5.71. The molecule has 0 saturated heterocycles. The van der Waals surface area contributed by atoms with E-state index in [0.29, 0.717) is 19.3 Å².